The lowest BCUT2D eigenvalue weighted by molar-refractivity contribution is -0.148. The summed E-state index contributed by atoms with van der Waals surface area (Å²) in [6, 6.07) is 0.844. The Bertz CT molecular complexity index is 1230. The number of rotatable bonds is 4. The highest BCUT2D eigenvalue weighted by molar-refractivity contribution is 6.24. The number of aryl methyl sites for hydroxylation is 1. The Balaban J connectivity index is 1.94. The van der Waals surface area contributed by atoms with E-state index in [1.807, 2.05) is 32.0 Å². The van der Waals surface area contributed by atoms with Crippen LogP contribution in [0.15, 0.2) is 28.7 Å². The van der Waals surface area contributed by atoms with Gasteiger partial charge in [0.1, 0.15) is 22.8 Å². The number of allylic oxidation sites excluding steroid dienone is 1. The highest BCUT2D eigenvalue weighted by atomic mass is 16.3. The Morgan fingerprint density at radius 3 is 2.34 bits per heavy atom. The number of fused-ring (bicyclic) bond motifs is 3. The van der Waals surface area contributed by atoms with Gasteiger partial charge in [-0.1, -0.05) is 6.07 Å². The van der Waals surface area contributed by atoms with Crippen LogP contribution in [0.5, 0.6) is 5.75 Å². The molecule has 188 valence electrons. The first-order valence-electron chi connectivity index (χ1n) is 11.4. The number of carbonyl (C=O) groups is 3. The van der Waals surface area contributed by atoms with Crippen LogP contribution >= 0.6 is 0 Å². The topological polar surface area (TPSA) is 165 Å². The highest BCUT2D eigenvalue weighted by Gasteiger charge is 2.63. The van der Waals surface area contributed by atoms with E-state index in [0.29, 0.717) is 17.7 Å². The quantitative estimate of drug-likeness (QED) is 0.382. The molecule has 10 nitrogen and oxygen atoms in total. The lowest BCUT2D eigenvalue weighted by Gasteiger charge is -2.50. The van der Waals surface area contributed by atoms with Gasteiger partial charge in [0.25, 0.3) is 5.91 Å². The summed E-state index contributed by atoms with van der Waals surface area (Å²) in [6.45, 7) is 2.23. The molecule has 4 atom stereocenters. The van der Waals surface area contributed by atoms with Crippen LogP contribution in [0, 0.1) is 18.8 Å². The summed E-state index contributed by atoms with van der Waals surface area (Å²) in [7, 11) is 6.86. The van der Waals surface area contributed by atoms with Crippen molar-refractivity contribution in [1.29, 1.82) is 0 Å². The minimum absolute atomic E-state index is 0.0354. The van der Waals surface area contributed by atoms with E-state index in [4.69, 9.17) is 5.73 Å². The first-order valence-corrected chi connectivity index (χ1v) is 11.4. The Kier molecular flexibility index (Phi) is 5.82. The summed E-state index contributed by atoms with van der Waals surface area (Å²) in [5.74, 6) is -6.39. The molecular weight excluding hydrogens is 454 g/mol. The van der Waals surface area contributed by atoms with Crippen LogP contribution in [0.2, 0.25) is 0 Å². The monoisotopic (exact) mass is 485 g/mol. The van der Waals surface area contributed by atoms with E-state index >= 15 is 0 Å². The molecule has 0 fully saturated rings. The van der Waals surface area contributed by atoms with Gasteiger partial charge in [-0.3, -0.25) is 19.3 Å². The Morgan fingerprint density at radius 1 is 1.17 bits per heavy atom. The average molecular weight is 486 g/mol. The number of aromatic hydroxyl groups is 1. The number of aliphatic hydroxyl groups is 3. The zero-order valence-electron chi connectivity index (χ0n) is 20.4. The minimum Gasteiger partial charge on any atom is -0.510 e. The molecule has 0 heterocycles. The van der Waals surface area contributed by atoms with Crippen molar-refractivity contribution in [1.82, 2.24) is 9.80 Å². The maximum Gasteiger partial charge on any atom is 0.255 e. The number of carbonyl (C=O) groups excluding carboxylic acids is 3. The van der Waals surface area contributed by atoms with Crippen molar-refractivity contribution in [2.45, 2.75) is 38.0 Å². The largest absolute Gasteiger partial charge is 0.510 e. The van der Waals surface area contributed by atoms with Gasteiger partial charge in [-0.25, -0.2) is 0 Å². The number of aliphatic hydroxyl groups excluding tert-OH is 2. The third kappa shape index (κ3) is 3.39. The normalized spacial score (nSPS) is 28.4. The fraction of sp³-hybridized carbons (Fsp3) is 0.480. The number of phenols is 1. The lowest BCUT2D eigenvalue weighted by atomic mass is 9.58. The van der Waals surface area contributed by atoms with Crippen LogP contribution in [0.3, 0.4) is 0 Å². The van der Waals surface area contributed by atoms with Crippen molar-refractivity contribution in [3.05, 3.63) is 51.0 Å². The van der Waals surface area contributed by atoms with Crippen LogP contribution in [0.25, 0.3) is 0 Å². The second kappa shape index (κ2) is 8.18. The van der Waals surface area contributed by atoms with Gasteiger partial charge < -0.3 is 31.1 Å². The predicted molar refractivity (Wildman–Crippen MR) is 126 cm³/mol. The van der Waals surface area contributed by atoms with Gasteiger partial charge in [0.2, 0.25) is 5.78 Å². The Hall–Kier alpha value is -3.21. The fourth-order valence-corrected chi connectivity index (χ4v) is 6.01. The molecule has 1 aromatic carbocycles. The summed E-state index contributed by atoms with van der Waals surface area (Å²) in [4.78, 5) is 42.4. The number of amides is 1. The van der Waals surface area contributed by atoms with Gasteiger partial charge in [-0.2, -0.15) is 0 Å². The summed E-state index contributed by atoms with van der Waals surface area (Å²) in [5.41, 5.74) is 3.78. The second-order valence-electron chi connectivity index (χ2n) is 10.3. The first kappa shape index (κ1) is 24.9. The molecule has 3 aliphatic carbocycles. The smallest absolute Gasteiger partial charge is 0.255 e. The zero-order valence-corrected chi connectivity index (χ0v) is 20.4. The molecule has 0 bridgehead atoms. The van der Waals surface area contributed by atoms with E-state index in [2.05, 4.69) is 0 Å². The summed E-state index contributed by atoms with van der Waals surface area (Å²) >= 11 is 0. The third-order valence-corrected chi connectivity index (χ3v) is 7.52. The molecule has 35 heavy (non-hydrogen) atoms. The summed E-state index contributed by atoms with van der Waals surface area (Å²) in [5, 5.41) is 44.7. The van der Waals surface area contributed by atoms with Crippen LogP contribution < -0.4 is 5.73 Å². The molecule has 0 unspecified atom stereocenters. The molecule has 4 rings (SSSR count). The number of ketones is 2. The van der Waals surface area contributed by atoms with Crippen molar-refractivity contribution < 1.29 is 34.8 Å². The van der Waals surface area contributed by atoms with Crippen LogP contribution in [0.4, 0.5) is 0 Å². The van der Waals surface area contributed by atoms with Gasteiger partial charge in [-0.05, 0) is 65.0 Å². The number of hydrogen-bond donors (Lipinski definition) is 5. The highest BCUT2D eigenvalue weighted by Crippen LogP contribution is 2.52. The number of primary amides is 1. The van der Waals surface area contributed by atoms with Gasteiger partial charge in [0.05, 0.1) is 11.6 Å². The SMILES string of the molecule is Cc1cc2c(c(O)c1CN(C)C)C(=O)C1=C(O)[C@]3(O)C(=O)C(C(N)=O)=C(O)[C@@H](N(C)C)[C@@H]3C[C@@H]1C2. The fourth-order valence-electron chi connectivity index (χ4n) is 6.01. The molecule has 1 amide bonds. The van der Waals surface area contributed by atoms with Crippen molar-refractivity contribution in [3.8, 4) is 5.75 Å². The van der Waals surface area contributed by atoms with E-state index in [0.717, 1.165) is 5.56 Å². The van der Waals surface area contributed by atoms with Crippen molar-refractivity contribution in [2.75, 3.05) is 28.2 Å². The molecule has 0 aliphatic heterocycles. The molecule has 0 aromatic heterocycles. The number of nitrogens with two attached hydrogens (primary N) is 1. The Labute approximate surface area is 202 Å². The van der Waals surface area contributed by atoms with Crippen LogP contribution in [-0.2, 0) is 22.6 Å². The average Bonchev–Trinajstić information content (AvgIpc) is 2.72. The zero-order chi connectivity index (χ0) is 26.1. The molecule has 0 radical (unpaired) electrons. The van der Waals surface area contributed by atoms with E-state index < -0.39 is 58.0 Å². The first-order chi connectivity index (χ1) is 16.2. The van der Waals surface area contributed by atoms with Crippen molar-refractivity contribution >= 4 is 17.5 Å². The predicted octanol–water partition coefficient (Wildman–Crippen LogP) is 0.491. The van der Waals surface area contributed by atoms with Crippen LogP contribution in [-0.4, -0.2) is 87.5 Å². The molecule has 10 heteroatoms. The molecular formula is C25H31N3O7. The van der Waals surface area contributed by atoms with Gasteiger partial charge in [0.15, 0.2) is 11.4 Å². The number of phenolic OH excluding ortho intramolecular Hbond substituents is 1. The maximum atomic E-state index is 13.7. The lowest BCUT2D eigenvalue weighted by Crippen LogP contribution is -2.63. The van der Waals surface area contributed by atoms with E-state index in [1.54, 1.807) is 14.1 Å². The van der Waals surface area contributed by atoms with Gasteiger partial charge in [0, 0.05) is 23.6 Å². The van der Waals surface area contributed by atoms with E-state index in [-0.39, 0.29) is 29.7 Å². The molecule has 0 saturated carbocycles. The summed E-state index contributed by atoms with van der Waals surface area (Å²) < 4.78 is 0. The number of hydrogen-bond acceptors (Lipinski definition) is 9. The third-order valence-electron chi connectivity index (χ3n) is 7.52. The molecule has 0 saturated heterocycles. The van der Waals surface area contributed by atoms with E-state index in [9.17, 15) is 34.8 Å². The standard InChI is InChI=1S/C25H31N3O7/c1-10-6-11-7-12-8-14-18(28(4)5)21(31)17(24(26)34)23(33)25(14,35)22(32)16(12)20(30)15(11)19(29)13(10)9-27(2)3/h6,12,14,18,29,31-32,35H,7-9H2,1-5H3,(H2,26,34)/t12-,14-,18-,25-/m0/s1. The maximum absolute atomic E-state index is 13.7. The number of nitrogens with zero attached hydrogens (tertiary/aromatic N) is 2. The number of benzene rings is 1. The van der Waals surface area contributed by atoms with Crippen molar-refractivity contribution in [3.63, 3.8) is 0 Å². The molecule has 6 N–H and O–H groups in total. The van der Waals surface area contributed by atoms with Crippen LogP contribution in [0.1, 0.15) is 33.5 Å². The molecule has 1 aromatic rings. The second-order valence-corrected chi connectivity index (χ2v) is 10.3. The van der Waals surface area contributed by atoms with E-state index in [1.165, 1.54) is 4.90 Å². The molecule has 3 aliphatic rings. The van der Waals surface area contributed by atoms with Gasteiger partial charge in [-0.15, -0.1) is 0 Å². The number of likely N-dealkylation sites (N-methyl/N-ethyl adjacent to an activating group) is 1. The van der Waals surface area contributed by atoms with Gasteiger partial charge >= 0.3 is 0 Å². The van der Waals surface area contributed by atoms with Crippen molar-refractivity contribution in [2.24, 2.45) is 17.6 Å². The number of Topliss-reactive ketones (excluding diaryl/α,β-unsaturated/α-hetero) is 2. The summed E-state index contributed by atoms with van der Waals surface area (Å²) in [6.07, 6.45) is 0.357. The minimum atomic E-state index is -2.63. The Morgan fingerprint density at radius 2 is 1.80 bits per heavy atom. The molecule has 0 spiro atoms.